The van der Waals surface area contributed by atoms with Crippen molar-refractivity contribution in [2.75, 3.05) is 10.2 Å². The van der Waals surface area contributed by atoms with Gasteiger partial charge in [0.15, 0.2) is 11.5 Å². The quantitative estimate of drug-likeness (QED) is 0.385. The zero-order valence-corrected chi connectivity index (χ0v) is 20.5. The van der Waals surface area contributed by atoms with E-state index in [9.17, 15) is 14.0 Å². The molecule has 38 heavy (non-hydrogen) atoms. The van der Waals surface area contributed by atoms with E-state index in [1.165, 1.54) is 29.5 Å². The number of halogens is 1. The third-order valence-electron chi connectivity index (χ3n) is 7.34. The number of fused-ring (bicyclic) bond motifs is 5. The second-order valence-corrected chi connectivity index (χ2v) is 9.69. The summed E-state index contributed by atoms with van der Waals surface area (Å²) >= 11 is 0. The number of H-pyrrole nitrogens is 1. The minimum atomic E-state index is -1.28. The fraction of sp³-hybridized carbons (Fsp3) is 0.185. The lowest BCUT2D eigenvalue weighted by Crippen LogP contribution is -2.46. The number of nitrogens with zero attached hydrogens (tertiary/aromatic N) is 6. The van der Waals surface area contributed by atoms with Crippen LogP contribution in [0.3, 0.4) is 0 Å². The normalized spacial score (nSPS) is 18.2. The van der Waals surface area contributed by atoms with E-state index in [1.54, 1.807) is 17.0 Å². The van der Waals surface area contributed by atoms with E-state index < -0.39 is 5.41 Å². The minimum Gasteiger partial charge on any atom is -0.340 e. The van der Waals surface area contributed by atoms with Gasteiger partial charge in [-0.3, -0.25) is 9.59 Å². The number of benzene rings is 2. The summed E-state index contributed by atoms with van der Waals surface area (Å²) < 4.78 is 15.1. The highest BCUT2D eigenvalue weighted by Crippen LogP contribution is 2.54. The molecule has 0 aliphatic carbocycles. The molecule has 2 aliphatic rings. The zero-order valence-electron chi connectivity index (χ0n) is 20.5. The van der Waals surface area contributed by atoms with E-state index in [1.807, 2.05) is 32.0 Å². The summed E-state index contributed by atoms with van der Waals surface area (Å²) in [4.78, 5) is 45.3. The standard InChI is InChI=1S/C27H21FN8O2/c1-14-3-8-19-18(9-14)27(26(38)35(19)11-16-4-6-17(28)7-5-16)10-20(37)33-24-21(27)15(2)34-36(24)25-22-23(30-12-29-22)31-13-32-25/h3-9,12-13H,10-11H2,1-2H3,(H,33,37)(H,29,30,31,32). The van der Waals surface area contributed by atoms with E-state index >= 15 is 0 Å². The van der Waals surface area contributed by atoms with Crippen molar-refractivity contribution in [2.45, 2.75) is 32.2 Å². The van der Waals surface area contributed by atoms with Crippen LogP contribution < -0.4 is 10.2 Å². The number of nitrogens with one attached hydrogen (secondary N) is 2. The monoisotopic (exact) mass is 508 g/mol. The van der Waals surface area contributed by atoms with Crippen molar-refractivity contribution in [1.29, 1.82) is 0 Å². The number of carbonyl (C=O) groups is 2. The third kappa shape index (κ3) is 2.98. The molecular weight excluding hydrogens is 487 g/mol. The number of aryl methyl sites for hydroxylation is 2. The molecule has 3 aromatic heterocycles. The molecule has 11 heteroatoms. The van der Waals surface area contributed by atoms with Gasteiger partial charge in [0.05, 0.1) is 18.6 Å². The third-order valence-corrected chi connectivity index (χ3v) is 7.34. The SMILES string of the molecule is Cc1ccc2c(c1)C1(CC(=O)Nc3c1c(C)nn3-c1ncnc3nc[nH]c13)C(=O)N2Cc1ccc(F)cc1. The lowest BCUT2D eigenvalue weighted by molar-refractivity contribution is -0.126. The van der Waals surface area contributed by atoms with Gasteiger partial charge in [0, 0.05) is 17.7 Å². The van der Waals surface area contributed by atoms with Crippen LogP contribution in [0.15, 0.2) is 55.1 Å². The number of imidazole rings is 1. The van der Waals surface area contributed by atoms with Crippen molar-refractivity contribution in [3.63, 3.8) is 0 Å². The van der Waals surface area contributed by atoms with Gasteiger partial charge in [-0.1, -0.05) is 29.8 Å². The van der Waals surface area contributed by atoms with Crippen LogP contribution >= 0.6 is 0 Å². The zero-order chi connectivity index (χ0) is 26.2. The molecule has 2 aromatic carbocycles. The van der Waals surface area contributed by atoms with Gasteiger partial charge in [0.2, 0.25) is 11.8 Å². The Morgan fingerprint density at radius 1 is 1.05 bits per heavy atom. The Balaban J connectivity index is 1.46. The van der Waals surface area contributed by atoms with Gasteiger partial charge in [0.25, 0.3) is 0 Å². The first-order valence-electron chi connectivity index (χ1n) is 12.1. The predicted octanol–water partition coefficient (Wildman–Crippen LogP) is 3.47. The minimum absolute atomic E-state index is 0.0645. The number of rotatable bonds is 3. The number of anilines is 2. The van der Waals surface area contributed by atoms with E-state index in [0.29, 0.717) is 34.1 Å². The molecule has 1 atom stereocenters. The molecule has 7 rings (SSSR count). The Bertz CT molecular complexity index is 1790. The van der Waals surface area contributed by atoms with Gasteiger partial charge in [-0.2, -0.15) is 9.78 Å². The molecule has 2 N–H and O–H groups in total. The lowest BCUT2D eigenvalue weighted by atomic mass is 9.70. The molecule has 0 radical (unpaired) electrons. The van der Waals surface area contributed by atoms with Crippen LogP contribution in [0.1, 0.15) is 34.4 Å². The van der Waals surface area contributed by atoms with Crippen LogP contribution in [0.25, 0.3) is 17.0 Å². The van der Waals surface area contributed by atoms with Crippen molar-refractivity contribution in [3.05, 3.63) is 88.9 Å². The molecule has 0 saturated heterocycles. The van der Waals surface area contributed by atoms with Crippen molar-refractivity contribution >= 4 is 34.5 Å². The molecule has 5 heterocycles. The van der Waals surface area contributed by atoms with E-state index in [2.05, 4.69) is 25.3 Å². The van der Waals surface area contributed by atoms with Crippen LogP contribution in [0.2, 0.25) is 0 Å². The van der Waals surface area contributed by atoms with Crippen LogP contribution in [0, 0.1) is 19.7 Å². The number of amides is 2. The maximum Gasteiger partial charge on any atom is 0.243 e. The maximum atomic E-state index is 14.5. The van der Waals surface area contributed by atoms with Crippen LogP contribution in [-0.4, -0.2) is 41.5 Å². The Labute approximate surface area is 215 Å². The van der Waals surface area contributed by atoms with Gasteiger partial charge in [-0.15, -0.1) is 0 Å². The number of aromatic amines is 1. The summed E-state index contributed by atoms with van der Waals surface area (Å²) in [6, 6.07) is 11.9. The summed E-state index contributed by atoms with van der Waals surface area (Å²) in [6.45, 7) is 4.02. The summed E-state index contributed by atoms with van der Waals surface area (Å²) in [5.41, 5.74) is 4.16. The Morgan fingerprint density at radius 3 is 2.68 bits per heavy atom. The highest BCUT2D eigenvalue weighted by molar-refractivity contribution is 6.16. The topological polar surface area (TPSA) is 122 Å². The predicted molar refractivity (Wildman–Crippen MR) is 136 cm³/mol. The summed E-state index contributed by atoms with van der Waals surface area (Å²) in [5.74, 6) is -0.0830. The first-order valence-corrected chi connectivity index (χ1v) is 12.1. The van der Waals surface area contributed by atoms with Crippen molar-refractivity contribution in [3.8, 4) is 5.82 Å². The Kier molecular flexibility index (Phi) is 4.56. The molecule has 188 valence electrons. The molecule has 10 nitrogen and oxygen atoms in total. The molecule has 2 aliphatic heterocycles. The number of hydrogen-bond donors (Lipinski definition) is 2. The van der Waals surface area contributed by atoms with Gasteiger partial charge in [-0.25, -0.2) is 19.3 Å². The molecule has 1 unspecified atom stereocenters. The molecule has 0 fully saturated rings. The average Bonchev–Trinajstić information content (AvgIpc) is 3.57. The van der Waals surface area contributed by atoms with Gasteiger partial charge >= 0.3 is 0 Å². The maximum absolute atomic E-state index is 14.5. The molecule has 5 aromatic rings. The van der Waals surface area contributed by atoms with Crippen LogP contribution in [0.5, 0.6) is 0 Å². The average molecular weight is 509 g/mol. The van der Waals surface area contributed by atoms with Crippen LogP contribution in [0.4, 0.5) is 15.9 Å². The van der Waals surface area contributed by atoms with E-state index in [4.69, 9.17) is 5.10 Å². The second kappa shape index (κ2) is 7.78. The molecular formula is C27H21FN8O2. The van der Waals surface area contributed by atoms with Crippen molar-refractivity contribution in [1.82, 2.24) is 29.7 Å². The van der Waals surface area contributed by atoms with Crippen molar-refractivity contribution in [2.24, 2.45) is 0 Å². The summed E-state index contributed by atoms with van der Waals surface area (Å²) in [7, 11) is 0. The number of carbonyl (C=O) groups excluding carboxylic acids is 2. The first kappa shape index (κ1) is 22.3. The molecule has 2 amide bonds. The van der Waals surface area contributed by atoms with Gasteiger partial charge in [0.1, 0.15) is 28.9 Å². The van der Waals surface area contributed by atoms with E-state index in [0.717, 1.165) is 22.4 Å². The molecule has 0 saturated carbocycles. The fourth-order valence-corrected chi connectivity index (χ4v) is 5.75. The van der Waals surface area contributed by atoms with E-state index in [-0.39, 0.29) is 30.6 Å². The number of hydrogen-bond acceptors (Lipinski definition) is 6. The highest BCUT2D eigenvalue weighted by Gasteiger charge is 2.58. The smallest absolute Gasteiger partial charge is 0.243 e. The number of aromatic nitrogens is 6. The second-order valence-electron chi connectivity index (χ2n) is 9.69. The summed E-state index contributed by atoms with van der Waals surface area (Å²) in [6.07, 6.45) is 2.83. The fourth-order valence-electron chi connectivity index (χ4n) is 5.75. The van der Waals surface area contributed by atoms with Crippen molar-refractivity contribution < 1.29 is 14.0 Å². The van der Waals surface area contributed by atoms with Crippen LogP contribution in [-0.2, 0) is 21.5 Å². The first-order chi connectivity index (χ1) is 18.4. The Morgan fingerprint density at radius 2 is 1.87 bits per heavy atom. The summed E-state index contributed by atoms with van der Waals surface area (Å²) in [5, 5.41) is 7.69. The molecule has 0 bridgehead atoms. The highest BCUT2D eigenvalue weighted by atomic mass is 19.1. The largest absolute Gasteiger partial charge is 0.340 e. The molecule has 1 spiro atoms. The lowest BCUT2D eigenvalue weighted by Gasteiger charge is -2.33. The van der Waals surface area contributed by atoms with Gasteiger partial charge in [-0.05, 0) is 43.2 Å². The Hall–Kier alpha value is -4.93. The van der Waals surface area contributed by atoms with Gasteiger partial charge < -0.3 is 15.2 Å².